The van der Waals surface area contributed by atoms with Gasteiger partial charge in [-0.1, -0.05) is 26.0 Å². The van der Waals surface area contributed by atoms with Gasteiger partial charge in [0, 0.05) is 23.0 Å². The number of ketones is 1. The van der Waals surface area contributed by atoms with Gasteiger partial charge in [-0.15, -0.1) is 0 Å². The van der Waals surface area contributed by atoms with Crippen LogP contribution in [0.3, 0.4) is 0 Å². The monoisotopic (exact) mass is 424 g/mol. The summed E-state index contributed by atoms with van der Waals surface area (Å²) >= 11 is 0. The summed E-state index contributed by atoms with van der Waals surface area (Å²) in [6, 6.07) is 8.47. The largest absolute Gasteiger partial charge is 0.495 e. The van der Waals surface area contributed by atoms with E-state index in [4.69, 9.17) is 14.0 Å². The summed E-state index contributed by atoms with van der Waals surface area (Å²) in [5.74, 6) is 0.270. The first-order chi connectivity index (χ1) is 14.3. The van der Waals surface area contributed by atoms with Gasteiger partial charge in [0.2, 0.25) is 0 Å². The molecule has 1 saturated heterocycles. The van der Waals surface area contributed by atoms with Crippen LogP contribution in [0.4, 0.5) is 4.39 Å². The van der Waals surface area contributed by atoms with Crippen molar-refractivity contribution in [2.24, 2.45) is 0 Å². The lowest BCUT2D eigenvalue weighted by Crippen LogP contribution is -2.41. The molecular formula is C25H30BFO4. The minimum atomic E-state index is -0.676. The molecule has 2 heterocycles. The normalized spacial score (nSPS) is 20.5. The van der Waals surface area contributed by atoms with Crippen molar-refractivity contribution in [3.63, 3.8) is 0 Å². The van der Waals surface area contributed by atoms with E-state index < -0.39 is 24.1 Å². The molecule has 164 valence electrons. The number of hydrogen-bond donors (Lipinski definition) is 0. The van der Waals surface area contributed by atoms with Crippen LogP contribution >= 0.6 is 0 Å². The van der Waals surface area contributed by atoms with Crippen LogP contribution in [0.25, 0.3) is 0 Å². The Morgan fingerprint density at radius 1 is 1.03 bits per heavy atom. The summed E-state index contributed by atoms with van der Waals surface area (Å²) in [5.41, 5.74) is 2.64. The van der Waals surface area contributed by atoms with Gasteiger partial charge < -0.3 is 14.0 Å². The highest BCUT2D eigenvalue weighted by Crippen LogP contribution is 2.39. The Bertz CT molecular complexity index is 1040. The zero-order valence-corrected chi connectivity index (χ0v) is 19.4. The Labute approximate surface area is 184 Å². The predicted octanol–water partition coefficient (Wildman–Crippen LogP) is 4.53. The second kappa shape index (κ2) is 7.18. The van der Waals surface area contributed by atoms with Gasteiger partial charge >= 0.3 is 7.12 Å². The van der Waals surface area contributed by atoms with E-state index in [1.807, 2.05) is 46.8 Å². The van der Waals surface area contributed by atoms with Crippen molar-refractivity contribution < 1.29 is 23.2 Å². The van der Waals surface area contributed by atoms with Gasteiger partial charge in [-0.2, -0.15) is 0 Å². The molecule has 0 aromatic heterocycles. The number of hydrogen-bond acceptors (Lipinski definition) is 4. The first-order valence-electron chi connectivity index (χ1n) is 10.8. The maximum absolute atomic E-state index is 14.5. The second-order valence-corrected chi connectivity index (χ2v) is 10.4. The molecule has 1 fully saturated rings. The van der Waals surface area contributed by atoms with Gasteiger partial charge in [-0.3, -0.25) is 4.79 Å². The van der Waals surface area contributed by atoms with Crippen LogP contribution in [-0.2, 0) is 21.1 Å². The summed E-state index contributed by atoms with van der Waals surface area (Å²) in [6.45, 7) is 14.6. The highest BCUT2D eigenvalue weighted by molar-refractivity contribution is 6.62. The maximum Gasteiger partial charge on any atom is 0.495 e. The summed E-state index contributed by atoms with van der Waals surface area (Å²) in [5, 5.41) is 0. The number of Topliss-reactive ketones (excluding diaryl/α,β-unsaturated/α-hetero) is 1. The van der Waals surface area contributed by atoms with Crippen molar-refractivity contribution in [1.29, 1.82) is 0 Å². The molecule has 2 aliphatic heterocycles. The van der Waals surface area contributed by atoms with Crippen LogP contribution in [0, 0.1) is 12.7 Å². The van der Waals surface area contributed by atoms with Crippen molar-refractivity contribution in [3.8, 4) is 5.75 Å². The summed E-state index contributed by atoms with van der Waals surface area (Å²) in [6.07, 6.45) is 0.0955. The quantitative estimate of drug-likeness (QED) is 0.535. The Morgan fingerprint density at radius 3 is 2.32 bits per heavy atom. The molecule has 0 atom stereocenters. The fourth-order valence-corrected chi connectivity index (χ4v) is 4.14. The molecule has 4 nitrogen and oxygen atoms in total. The molecular weight excluding hydrogens is 394 g/mol. The zero-order valence-electron chi connectivity index (χ0n) is 19.4. The molecule has 0 amide bonds. The molecule has 0 radical (unpaired) electrons. The van der Waals surface area contributed by atoms with Crippen LogP contribution in [0.5, 0.6) is 5.75 Å². The third-order valence-electron chi connectivity index (χ3n) is 7.00. The van der Waals surface area contributed by atoms with E-state index in [2.05, 4.69) is 13.8 Å². The van der Waals surface area contributed by atoms with E-state index in [0.29, 0.717) is 23.2 Å². The van der Waals surface area contributed by atoms with Crippen LogP contribution < -0.4 is 10.2 Å². The van der Waals surface area contributed by atoms with Crippen molar-refractivity contribution in [3.05, 3.63) is 58.4 Å². The molecule has 0 spiro atoms. The van der Waals surface area contributed by atoms with Crippen molar-refractivity contribution in [2.45, 2.75) is 71.5 Å². The van der Waals surface area contributed by atoms with Crippen molar-refractivity contribution >= 4 is 18.4 Å². The number of carbonyl (C=O) groups is 1. The Kier molecular flexibility index (Phi) is 5.10. The van der Waals surface area contributed by atoms with Gasteiger partial charge in [0.25, 0.3) is 0 Å². The highest BCUT2D eigenvalue weighted by atomic mass is 19.1. The molecule has 0 bridgehead atoms. The number of carbonyl (C=O) groups excluding carboxylic acids is 1. The van der Waals surface area contributed by atoms with Crippen LogP contribution in [0.1, 0.15) is 68.6 Å². The lowest BCUT2D eigenvalue weighted by atomic mass is 9.74. The minimum absolute atomic E-state index is 0.0617. The summed E-state index contributed by atoms with van der Waals surface area (Å²) in [7, 11) is -0.676. The fraction of sp³-hybridized carbons (Fsp3) is 0.480. The van der Waals surface area contributed by atoms with E-state index in [-0.39, 0.29) is 17.6 Å². The van der Waals surface area contributed by atoms with E-state index in [1.165, 1.54) is 12.1 Å². The molecule has 2 aromatic rings. The molecule has 6 heteroatoms. The van der Waals surface area contributed by atoms with E-state index >= 15 is 0 Å². The van der Waals surface area contributed by atoms with Crippen LogP contribution in [-0.4, -0.2) is 30.7 Å². The average Bonchev–Trinajstić information content (AvgIpc) is 3.09. The van der Waals surface area contributed by atoms with Crippen molar-refractivity contribution in [1.82, 2.24) is 0 Å². The maximum atomic E-state index is 14.5. The molecule has 31 heavy (non-hydrogen) atoms. The third kappa shape index (κ3) is 3.81. The molecule has 2 aliphatic rings. The molecule has 0 saturated carbocycles. The third-order valence-corrected chi connectivity index (χ3v) is 7.00. The average molecular weight is 424 g/mol. The fourth-order valence-electron chi connectivity index (χ4n) is 4.14. The number of rotatable bonds is 4. The zero-order chi connectivity index (χ0) is 22.8. The minimum Gasteiger partial charge on any atom is -0.492 e. The number of benzene rings is 2. The second-order valence-electron chi connectivity index (χ2n) is 10.4. The number of halogens is 1. The van der Waals surface area contributed by atoms with Gasteiger partial charge in [0.1, 0.15) is 11.6 Å². The van der Waals surface area contributed by atoms with E-state index in [0.717, 1.165) is 16.9 Å². The summed E-state index contributed by atoms with van der Waals surface area (Å²) < 4.78 is 32.5. The van der Waals surface area contributed by atoms with Gasteiger partial charge in [0.15, 0.2) is 5.78 Å². The molecule has 0 N–H and O–H groups in total. The van der Waals surface area contributed by atoms with Gasteiger partial charge in [-0.25, -0.2) is 4.39 Å². The van der Waals surface area contributed by atoms with Gasteiger partial charge in [-0.05, 0) is 69.4 Å². The van der Waals surface area contributed by atoms with E-state index in [1.54, 1.807) is 6.07 Å². The summed E-state index contributed by atoms with van der Waals surface area (Å²) in [4.78, 5) is 13.0. The number of ether oxygens (including phenoxy) is 1. The first kappa shape index (κ1) is 22.0. The standard InChI is InChI=1S/C25H30BFO4/c1-15-17(10-18(27)13-20(15)26-30-24(4,5)25(6,7)31-26)11-21(28)16-8-9-19-22(12-16)29-14-23(19,2)3/h8-10,12-13H,11,14H2,1-7H3. The molecule has 4 rings (SSSR count). The van der Waals surface area contributed by atoms with Crippen LogP contribution in [0.15, 0.2) is 30.3 Å². The smallest absolute Gasteiger partial charge is 0.492 e. The van der Waals surface area contributed by atoms with Crippen molar-refractivity contribution in [2.75, 3.05) is 6.61 Å². The highest BCUT2D eigenvalue weighted by Gasteiger charge is 2.52. The Morgan fingerprint density at radius 2 is 1.68 bits per heavy atom. The molecule has 0 unspecified atom stereocenters. The predicted molar refractivity (Wildman–Crippen MR) is 120 cm³/mol. The Hall–Kier alpha value is -2.18. The lowest BCUT2D eigenvalue weighted by Gasteiger charge is -2.32. The Balaban J connectivity index is 1.61. The van der Waals surface area contributed by atoms with Gasteiger partial charge in [0.05, 0.1) is 17.8 Å². The lowest BCUT2D eigenvalue weighted by molar-refractivity contribution is 0.00578. The van der Waals surface area contributed by atoms with E-state index in [9.17, 15) is 9.18 Å². The first-order valence-corrected chi connectivity index (χ1v) is 10.8. The topological polar surface area (TPSA) is 44.8 Å². The SMILES string of the molecule is Cc1c(CC(=O)c2ccc3c(c2)OCC3(C)C)cc(F)cc1B1OC(C)(C)C(C)(C)O1. The number of fused-ring (bicyclic) bond motifs is 1. The molecule has 2 aromatic carbocycles. The van der Waals surface area contributed by atoms with Crippen LogP contribution in [0.2, 0.25) is 0 Å². The molecule has 0 aliphatic carbocycles.